The molecule has 0 amide bonds. The lowest BCUT2D eigenvalue weighted by Gasteiger charge is -2.31. The molecule has 0 atom stereocenters. The second kappa shape index (κ2) is 11.4. The van der Waals surface area contributed by atoms with Crippen molar-refractivity contribution in [2.75, 3.05) is 0 Å². The van der Waals surface area contributed by atoms with Crippen LogP contribution in [0.5, 0.6) is 0 Å². The topological polar surface area (TPSA) is 25.8 Å². The van der Waals surface area contributed by atoms with Crippen molar-refractivity contribution in [2.45, 2.75) is 5.41 Å². The van der Waals surface area contributed by atoms with Gasteiger partial charge in [-0.2, -0.15) is 0 Å². The van der Waals surface area contributed by atoms with Gasteiger partial charge in [0.1, 0.15) is 0 Å². The molecule has 0 saturated heterocycles. The van der Waals surface area contributed by atoms with E-state index in [9.17, 15) is 0 Å². The average Bonchev–Trinajstić information content (AvgIpc) is 3.72. The highest BCUT2D eigenvalue weighted by atomic mass is 14.9. The zero-order valence-electron chi connectivity index (χ0n) is 29.9. The molecule has 254 valence electrons. The van der Waals surface area contributed by atoms with Crippen molar-refractivity contribution in [2.24, 2.45) is 0 Å². The van der Waals surface area contributed by atoms with Crippen LogP contribution in [0.15, 0.2) is 194 Å². The highest BCUT2D eigenvalue weighted by Crippen LogP contribution is 2.64. The van der Waals surface area contributed by atoms with Crippen molar-refractivity contribution in [1.29, 1.82) is 0 Å². The summed E-state index contributed by atoms with van der Waals surface area (Å²) >= 11 is 0. The van der Waals surface area contributed by atoms with E-state index in [1.165, 1.54) is 71.6 Å². The SMILES string of the molecule is c1ccc(-c2nc(-c3cccc(-c4ccc5cc6c(cc5c4)C4(c5ccccc5-c5ccccc54)c4c-6ccc5ccccc45)c3)nc3ccccc23)cc1. The molecule has 1 aromatic heterocycles. The van der Waals surface area contributed by atoms with Crippen LogP contribution in [0.25, 0.3) is 88.5 Å². The second-order valence-electron chi connectivity index (χ2n) is 14.9. The van der Waals surface area contributed by atoms with E-state index < -0.39 is 5.41 Å². The first-order valence-electron chi connectivity index (χ1n) is 19.0. The molecular weight excluding hydrogens is 665 g/mol. The van der Waals surface area contributed by atoms with Gasteiger partial charge in [-0.25, -0.2) is 9.97 Å². The molecule has 2 aliphatic carbocycles. The zero-order valence-corrected chi connectivity index (χ0v) is 29.9. The van der Waals surface area contributed by atoms with E-state index in [2.05, 4.69) is 182 Å². The Morgan fingerprint density at radius 3 is 1.82 bits per heavy atom. The Balaban J connectivity index is 1.06. The van der Waals surface area contributed by atoms with Crippen molar-refractivity contribution in [1.82, 2.24) is 9.97 Å². The minimum Gasteiger partial charge on any atom is -0.228 e. The van der Waals surface area contributed by atoms with Gasteiger partial charge in [0.15, 0.2) is 5.82 Å². The van der Waals surface area contributed by atoms with Gasteiger partial charge in [0.2, 0.25) is 0 Å². The molecule has 0 unspecified atom stereocenters. The Kier molecular flexibility index (Phi) is 6.29. The van der Waals surface area contributed by atoms with Crippen LogP contribution in [0.4, 0.5) is 0 Å². The number of hydrogen-bond acceptors (Lipinski definition) is 2. The molecule has 10 aromatic rings. The van der Waals surface area contributed by atoms with Crippen molar-refractivity contribution >= 4 is 32.4 Å². The van der Waals surface area contributed by atoms with Crippen molar-refractivity contribution in [3.63, 3.8) is 0 Å². The van der Waals surface area contributed by atoms with Gasteiger partial charge in [-0.05, 0) is 108 Å². The molecular formula is C53H32N2. The lowest BCUT2D eigenvalue weighted by molar-refractivity contribution is 0.802. The van der Waals surface area contributed by atoms with Crippen LogP contribution in [0.1, 0.15) is 22.3 Å². The normalized spacial score (nSPS) is 13.2. The number of nitrogens with zero attached hydrogens (tertiary/aromatic N) is 2. The summed E-state index contributed by atoms with van der Waals surface area (Å²) in [7, 11) is 0. The Labute approximate surface area is 319 Å². The van der Waals surface area contributed by atoms with E-state index in [0.717, 1.165) is 39.1 Å². The summed E-state index contributed by atoms with van der Waals surface area (Å²) in [5.74, 6) is 0.725. The minimum absolute atomic E-state index is 0.424. The number of para-hydroxylation sites is 1. The highest BCUT2D eigenvalue weighted by Gasteiger charge is 2.52. The van der Waals surface area contributed by atoms with Gasteiger partial charge in [0.25, 0.3) is 0 Å². The lowest BCUT2D eigenvalue weighted by atomic mass is 9.69. The molecule has 2 nitrogen and oxygen atoms in total. The first kappa shape index (κ1) is 30.3. The fourth-order valence-corrected chi connectivity index (χ4v) is 9.70. The second-order valence-corrected chi connectivity index (χ2v) is 14.9. The van der Waals surface area contributed by atoms with Crippen LogP contribution in [0, 0.1) is 0 Å². The summed E-state index contributed by atoms with van der Waals surface area (Å²) < 4.78 is 0. The molecule has 9 aromatic carbocycles. The van der Waals surface area contributed by atoms with Gasteiger partial charge in [0.05, 0.1) is 16.6 Å². The number of benzene rings is 9. The predicted octanol–water partition coefficient (Wildman–Crippen LogP) is 13.3. The number of fused-ring (bicyclic) bond motifs is 14. The van der Waals surface area contributed by atoms with Gasteiger partial charge in [-0.1, -0.05) is 164 Å². The summed E-state index contributed by atoms with van der Waals surface area (Å²) in [6.07, 6.45) is 0. The fraction of sp³-hybridized carbons (Fsp3) is 0.0189. The van der Waals surface area contributed by atoms with E-state index in [-0.39, 0.29) is 0 Å². The molecule has 12 rings (SSSR count). The first-order valence-corrected chi connectivity index (χ1v) is 19.0. The number of aromatic nitrogens is 2. The third-order valence-corrected chi connectivity index (χ3v) is 12.0. The molecule has 2 heteroatoms. The van der Waals surface area contributed by atoms with Crippen LogP contribution in [0.3, 0.4) is 0 Å². The molecule has 0 saturated carbocycles. The van der Waals surface area contributed by atoms with Gasteiger partial charge >= 0.3 is 0 Å². The average molecular weight is 697 g/mol. The summed E-state index contributed by atoms with van der Waals surface area (Å²) in [4.78, 5) is 10.2. The summed E-state index contributed by atoms with van der Waals surface area (Å²) in [5.41, 5.74) is 16.6. The van der Waals surface area contributed by atoms with E-state index >= 15 is 0 Å². The predicted molar refractivity (Wildman–Crippen MR) is 227 cm³/mol. The van der Waals surface area contributed by atoms with Crippen molar-refractivity contribution < 1.29 is 0 Å². The first-order chi connectivity index (χ1) is 27.3. The van der Waals surface area contributed by atoms with Gasteiger partial charge in [0, 0.05) is 16.5 Å². The molecule has 0 radical (unpaired) electrons. The van der Waals surface area contributed by atoms with Crippen molar-refractivity contribution in [3.8, 4) is 56.0 Å². The largest absolute Gasteiger partial charge is 0.228 e. The molecule has 0 bridgehead atoms. The van der Waals surface area contributed by atoms with E-state index in [0.29, 0.717) is 0 Å². The number of rotatable bonds is 3. The maximum absolute atomic E-state index is 5.17. The summed E-state index contributed by atoms with van der Waals surface area (Å²) in [6.45, 7) is 0. The summed E-state index contributed by atoms with van der Waals surface area (Å²) in [5, 5.41) is 6.10. The summed E-state index contributed by atoms with van der Waals surface area (Å²) in [6, 6.07) is 70.9. The van der Waals surface area contributed by atoms with Crippen LogP contribution >= 0.6 is 0 Å². The maximum atomic E-state index is 5.17. The van der Waals surface area contributed by atoms with E-state index in [4.69, 9.17) is 9.97 Å². The monoisotopic (exact) mass is 696 g/mol. The maximum Gasteiger partial charge on any atom is 0.160 e. The third-order valence-electron chi connectivity index (χ3n) is 12.0. The molecule has 1 heterocycles. The van der Waals surface area contributed by atoms with Gasteiger partial charge in [-0.3, -0.25) is 0 Å². The van der Waals surface area contributed by atoms with Crippen LogP contribution < -0.4 is 0 Å². The Hall–Kier alpha value is -7.16. The van der Waals surface area contributed by atoms with Crippen LogP contribution in [-0.2, 0) is 5.41 Å². The molecule has 1 spiro atoms. The molecule has 0 aliphatic heterocycles. The quantitative estimate of drug-likeness (QED) is 0.184. The lowest BCUT2D eigenvalue weighted by Crippen LogP contribution is -2.26. The van der Waals surface area contributed by atoms with E-state index in [1.807, 2.05) is 12.1 Å². The molecule has 0 fully saturated rings. The Morgan fingerprint density at radius 2 is 0.982 bits per heavy atom. The smallest absolute Gasteiger partial charge is 0.160 e. The molecule has 0 N–H and O–H groups in total. The van der Waals surface area contributed by atoms with Crippen molar-refractivity contribution in [3.05, 3.63) is 216 Å². The minimum atomic E-state index is -0.424. The van der Waals surface area contributed by atoms with Gasteiger partial charge in [-0.15, -0.1) is 0 Å². The van der Waals surface area contributed by atoms with E-state index in [1.54, 1.807) is 0 Å². The zero-order chi connectivity index (χ0) is 36.1. The standard InChI is InChI=1S/C53H32N2/c1-2-14-34(15-3-1)51-44-21-8-11-24-49(44)54-52(55-51)38-17-12-16-35(29-38)36-25-26-37-31-45-43-28-27-33-13-4-5-18-40(33)50(43)53(48(45)32-39(37)30-36)46-22-9-6-19-41(46)42-20-7-10-23-47(42)53/h1-32H. The van der Waals surface area contributed by atoms with Gasteiger partial charge < -0.3 is 0 Å². The van der Waals surface area contributed by atoms with Crippen LogP contribution in [-0.4, -0.2) is 9.97 Å². The molecule has 55 heavy (non-hydrogen) atoms. The van der Waals surface area contributed by atoms with Crippen LogP contribution in [0.2, 0.25) is 0 Å². The fourth-order valence-electron chi connectivity index (χ4n) is 9.70. The Morgan fingerprint density at radius 1 is 0.327 bits per heavy atom. The molecule has 2 aliphatic rings. The third kappa shape index (κ3) is 4.25. The highest BCUT2D eigenvalue weighted by molar-refractivity contribution is 6.06. The Bertz CT molecular complexity index is 3170. The number of hydrogen-bond donors (Lipinski definition) is 0.